The molecule has 18 aliphatic rings. The summed E-state index contributed by atoms with van der Waals surface area (Å²) in [7, 11) is 0. The van der Waals surface area contributed by atoms with Gasteiger partial charge in [0.1, 0.15) is 0 Å². The number of rotatable bonds is 0. The van der Waals surface area contributed by atoms with Gasteiger partial charge < -0.3 is 9.97 Å². The van der Waals surface area contributed by atoms with Crippen molar-refractivity contribution in [3.63, 3.8) is 0 Å². The van der Waals surface area contributed by atoms with Crippen molar-refractivity contribution in [2.75, 3.05) is 0 Å². The Morgan fingerprint density at radius 2 is 0.518 bits per heavy atom. The minimum absolute atomic E-state index is 0.494. The number of H-pyrrole nitrogens is 2. The molecule has 4 heteroatoms. The Kier molecular flexibility index (Phi) is 4.80. The lowest BCUT2D eigenvalue weighted by Gasteiger charge is -2.52. The molecule has 16 aliphatic carbocycles. The predicted molar refractivity (Wildman–Crippen MR) is 221 cm³/mol. The number of hydrogen-bond acceptors (Lipinski definition) is 2. The van der Waals surface area contributed by atoms with Gasteiger partial charge in [0.05, 0.1) is 22.8 Å². The van der Waals surface area contributed by atoms with Crippen LogP contribution in [-0.2, 0) is 0 Å². The van der Waals surface area contributed by atoms with Crippen LogP contribution in [-0.4, -0.2) is 19.9 Å². The molecule has 5 heterocycles. The number of nitrogens with one attached hydrogen (secondary N) is 2. The van der Waals surface area contributed by atoms with Crippen molar-refractivity contribution in [3.05, 3.63) is 118 Å². The van der Waals surface area contributed by atoms with Gasteiger partial charge in [-0.3, -0.25) is 0 Å². The van der Waals surface area contributed by atoms with E-state index < -0.39 is 0 Å². The summed E-state index contributed by atoms with van der Waals surface area (Å²) in [6, 6.07) is 10.2. The first kappa shape index (κ1) is 28.9. The van der Waals surface area contributed by atoms with Crippen LogP contribution in [0, 0.1) is 71.0 Å². The first-order valence-corrected chi connectivity index (χ1v) is 22.8. The maximum Gasteiger partial charge on any atom is 0.0699 e. The minimum atomic E-state index is 0.494. The normalized spacial score (nSPS) is 44.1. The molecule has 16 unspecified atom stereocenters. The average Bonchev–Trinajstić information content (AvgIpc) is 3.89. The summed E-state index contributed by atoms with van der Waals surface area (Å²) in [4.78, 5) is 20.0. The zero-order valence-corrected chi connectivity index (χ0v) is 31.7. The Morgan fingerprint density at radius 3 is 0.750 bits per heavy atom. The molecule has 56 heavy (non-hydrogen) atoms. The minimum Gasteiger partial charge on any atom is -0.355 e. The molecule has 16 atom stereocenters. The zero-order valence-electron chi connectivity index (χ0n) is 31.7. The molecule has 0 amide bonds. The molecule has 16 bridgehead atoms. The molecular weight excluding hydrogens is 681 g/mol. The number of nitrogens with zero attached hydrogens (tertiary/aromatic N) is 2. The zero-order chi connectivity index (χ0) is 35.4. The van der Waals surface area contributed by atoms with E-state index in [4.69, 9.17) is 9.97 Å². The van der Waals surface area contributed by atoms with Crippen LogP contribution < -0.4 is 0 Å². The molecule has 274 valence electrons. The van der Waals surface area contributed by atoms with Crippen molar-refractivity contribution in [2.24, 2.45) is 71.0 Å². The summed E-state index contributed by atoms with van der Waals surface area (Å²) >= 11 is 0. The number of allylic oxidation sites excluding steroid dienone is 12. The molecule has 0 radical (unpaired) electrons. The van der Waals surface area contributed by atoms with Crippen molar-refractivity contribution in [1.82, 2.24) is 19.9 Å². The van der Waals surface area contributed by atoms with Gasteiger partial charge in [-0.05, 0) is 168 Å². The fraction of sp³-hybridized carbons (Fsp3) is 0.462. The predicted octanol–water partition coefficient (Wildman–Crippen LogP) is 11.4. The van der Waals surface area contributed by atoms with Gasteiger partial charge in [0.2, 0.25) is 0 Å². The lowest BCUT2D eigenvalue weighted by molar-refractivity contribution is 0.109. The van der Waals surface area contributed by atoms with Crippen LogP contribution in [0.4, 0.5) is 0 Å². The van der Waals surface area contributed by atoms with E-state index in [1.165, 1.54) is 96.2 Å². The molecule has 0 spiro atoms. The third-order valence-corrected chi connectivity index (χ3v) is 19.6. The van der Waals surface area contributed by atoms with Crippen LogP contribution in [0.15, 0.2) is 72.9 Å². The molecule has 4 nitrogen and oxygen atoms in total. The van der Waals surface area contributed by atoms with Crippen LogP contribution in [0.5, 0.6) is 0 Å². The number of fused-ring (bicyclic) bond motifs is 8. The second-order valence-electron chi connectivity index (χ2n) is 20.9. The first-order chi connectivity index (χ1) is 27.7. The van der Waals surface area contributed by atoms with Crippen LogP contribution in [0.25, 0.3) is 44.4 Å². The highest BCUT2D eigenvalue weighted by molar-refractivity contribution is 6.01. The van der Waals surface area contributed by atoms with E-state index in [9.17, 15) is 0 Å². The van der Waals surface area contributed by atoms with Crippen molar-refractivity contribution < 1.29 is 0 Å². The summed E-state index contributed by atoms with van der Waals surface area (Å²) < 4.78 is 0. The maximum atomic E-state index is 5.80. The fourth-order valence-corrected chi connectivity index (χ4v) is 16.8. The van der Waals surface area contributed by atoms with Gasteiger partial charge in [0, 0.05) is 69.4 Å². The lowest BCUT2D eigenvalue weighted by atomic mass is 9.51. The van der Waals surface area contributed by atoms with Crippen LogP contribution in [0.3, 0.4) is 0 Å². The third-order valence-electron chi connectivity index (χ3n) is 19.6. The molecule has 0 aromatic carbocycles. The van der Waals surface area contributed by atoms with Crippen molar-refractivity contribution in [3.8, 4) is 0 Å². The van der Waals surface area contributed by atoms with Crippen molar-refractivity contribution in [2.45, 2.75) is 75.0 Å². The van der Waals surface area contributed by atoms with E-state index in [0.717, 1.165) is 47.3 Å². The lowest BCUT2D eigenvalue weighted by Crippen LogP contribution is -2.43. The molecule has 4 fully saturated rings. The van der Waals surface area contributed by atoms with Gasteiger partial charge >= 0.3 is 0 Å². The second-order valence-corrected chi connectivity index (χ2v) is 20.9. The highest BCUT2D eigenvalue weighted by Gasteiger charge is 2.55. The molecule has 2 aliphatic heterocycles. The van der Waals surface area contributed by atoms with E-state index in [0.29, 0.717) is 47.3 Å². The van der Waals surface area contributed by atoms with Gasteiger partial charge in [-0.2, -0.15) is 0 Å². The van der Waals surface area contributed by atoms with Gasteiger partial charge in [0.15, 0.2) is 0 Å². The number of hydrogen-bond donors (Lipinski definition) is 2. The summed E-state index contributed by atoms with van der Waals surface area (Å²) in [6.45, 7) is 0. The van der Waals surface area contributed by atoms with Crippen molar-refractivity contribution in [1.29, 1.82) is 0 Å². The van der Waals surface area contributed by atoms with Crippen LogP contribution in [0.2, 0.25) is 0 Å². The smallest absolute Gasteiger partial charge is 0.0699 e. The summed E-state index contributed by atoms with van der Waals surface area (Å²) in [5.74, 6) is 10.3. The van der Waals surface area contributed by atoms with Crippen LogP contribution in [0.1, 0.15) is 120 Å². The van der Waals surface area contributed by atoms with Gasteiger partial charge in [-0.25, -0.2) is 9.97 Å². The van der Waals surface area contributed by atoms with Gasteiger partial charge in [0.25, 0.3) is 0 Å². The molecule has 0 saturated heterocycles. The molecule has 4 saturated carbocycles. The standard InChI is InChI=1S/C52H46N4/c1-2-22-21(1)29-9-10-30(22)46-38-18-40-48-32-13-14-34(26-6-5-25(26)32)50(48)42(55-40)20-44-52-36-16-15-35(27-7-8-28(27)36)51(52)43(56-44)19-41-49-33-12-11-31(23-3-4-24(23)33)47(49)39(54-41)17-37(53-38)45(29)46/h9-36,53,56H,1-8H2. The van der Waals surface area contributed by atoms with E-state index in [2.05, 4.69) is 82.8 Å². The van der Waals surface area contributed by atoms with Crippen molar-refractivity contribution >= 4 is 44.4 Å². The largest absolute Gasteiger partial charge is 0.355 e. The maximum absolute atomic E-state index is 5.80. The quantitative estimate of drug-likeness (QED) is 0.227. The van der Waals surface area contributed by atoms with Gasteiger partial charge in [-0.15, -0.1) is 0 Å². The monoisotopic (exact) mass is 726 g/mol. The molecule has 3 aromatic heterocycles. The number of aromatic amines is 2. The fourth-order valence-electron chi connectivity index (χ4n) is 16.8. The highest BCUT2D eigenvalue weighted by atomic mass is 14.8. The summed E-state index contributed by atoms with van der Waals surface area (Å²) in [5.41, 5.74) is 22.9. The topological polar surface area (TPSA) is 57.4 Å². The summed E-state index contributed by atoms with van der Waals surface area (Å²) in [5, 5.41) is 0. The van der Waals surface area contributed by atoms with E-state index in [-0.39, 0.29) is 0 Å². The van der Waals surface area contributed by atoms with Crippen LogP contribution >= 0.6 is 0 Å². The third kappa shape index (κ3) is 3.06. The highest BCUT2D eigenvalue weighted by Crippen LogP contribution is 2.67. The Bertz CT molecular complexity index is 2480. The van der Waals surface area contributed by atoms with E-state index >= 15 is 0 Å². The average molecular weight is 727 g/mol. The Balaban J connectivity index is 1.02. The Morgan fingerprint density at radius 1 is 0.304 bits per heavy atom. The van der Waals surface area contributed by atoms with E-state index in [1.807, 2.05) is 0 Å². The van der Waals surface area contributed by atoms with Gasteiger partial charge in [-0.1, -0.05) is 48.6 Å². The summed E-state index contributed by atoms with van der Waals surface area (Å²) in [6.07, 6.45) is 31.7. The first-order valence-electron chi connectivity index (χ1n) is 22.8. The molecule has 3 aromatic rings. The number of aromatic nitrogens is 4. The second kappa shape index (κ2) is 9.30. The van der Waals surface area contributed by atoms with E-state index in [1.54, 1.807) is 44.5 Å². The Hall–Kier alpha value is -4.44. The molecule has 21 rings (SSSR count). The molecule has 2 N–H and O–H groups in total. The Labute approximate surface area is 327 Å². The SMILES string of the molecule is C1=CC2C3=C(c4cc5[nH]c(cc6nc(cc7[nH]c(cc3n4)c3c7C4C=CC3C3CCC43)C3=C6C4C=CC3C3CCC43)c3c5C4C=CC3C3CCC43)C1C1CCC21. The molecular formula is C52H46N4.